The van der Waals surface area contributed by atoms with Crippen molar-refractivity contribution in [3.05, 3.63) is 81.5 Å². The van der Waals surface area contributed by atoms with Crippen molar-refractivity contribution in [1.29, 1.82) is 0 Å². The van der Waals surface area contributed by atoms with E-state index >= 15 is 0 Å². The number of nitrogens with one attached hydrogen (secondary N) is 1. The minimum Gasteiger partial charge on any atom is -0.346 e. The number of halogens is 1. The van der Waals surface area contributed by atoms with Crippen LogP contribution in [-0.2, 0) is 21.4 Å². The number of allylic oxidation sites excluding steroid dienone is 1. The van der Waals surface area contributed by atoms with E-state index in [1.54, 1.807) is 11.0 Å². The van der Waals surface area contributed by atoms with Crippen LogP contribution >= 0.6 is 11.6 Å². The fourth-order valence-corrected chi connectivity index (χ4v) is 6.44. The van der Waals surface area contributed by atoms with E-state index < -0.39 is 0 Å². The van der Waals surface area contributed by atoms with Gasteiger partial charge in [0.25, 0.3) is 0 Å². The average molecular weight is 532 g/mol. The standard InChI is InChI=1S/C32H38ClN3O2/c1-34-31(32(15-16-32)27-12-6-11-25(20-27)24-9-3-2-4-10-24)35-29-14-7-17-36(21-26(29)22-37)30(38)19-23-8-5-13-28(33)18-23/h5-6,8,11-13,18,20,22,24H,2-4,7,9-10,14-17,19,21H2,1H3,(H,34,35). The number of benzene rings is 2. The predicted molar refractivity (Wildman–Crippen MR) is 154 cm³/mol. The number of aldehydes is 1. The normalized spacial score (nSPS) is 20.2. The molecule has 1 amide bonds. The van der Waals surface area contributed by atoms with Gasteiger partial charge in [-0.2, -0.15) is 0 Å². The van der Waals surface area contributed by atoms with Crippen molar-refractivity contribution in [2.75, 3.05) is 20.1 Å². The smallest absolute Gasteiger partial charge is 0.227 e. The average Bonchev–Trinajstić information content (AvgIpc) is 3.77. The maximum atomic E-state index is 13.1. The van der Waals surface area contributed by atoms with Gasteiger partial charge in [0.05, 0.1) is 18.4 Å². The van der Waals surface area contributed by atoms with Crippen molar-refractivity contribution in [3.8, 4) is 0 Å². The Kier molecular flexibility index (Phi) is 8.32. The van der Waals surface area contributed by atoms with E-state index in [1.165, 1.54) is 43.2 Å². The van der Waals surface area contributed by atoms with E-state index in [2.05, 4.69) is 29.6 Å². The number of carbonyl (C=O) groups is 2. The van der Waals surface area contributed by atoms with E-state index in [0.29, 0.717) is 36.0 Å². The Morgan fingerprint density at radius 1 is 1.11 bits per heavy atom. The predicted octanol–water partition coefficient (Wildman–Crippen LogP) is 6.36. The molecule has 38 heavy (non-hydrogen) atoms. The van der Waals surface area contributed by atoms with Crippen LogP contribution in [0.15, 0.2) is 64.8 Å². The first-order valence-electron chi connectivity index (χ1n) is 14.1. The van der Waals surface area contributed by atoms with Crippen LogP contribution in [0.2, 0.25) is 5.02 Å². The van der Waals surface area contributed by atoms with Gasteiger partial charge >= 0.3 is 0 Å². The fourth-order valence-electron chi connectivity index (χ4n) is 6.23. The van der Waals surface area contributed by atoms with E-state index in [9.17, 15) is 9.59 Å². The van der Waals surface area contributed by atoms with Gasteiger partial charge in [-0.15, -0.1) is 0 Å². The van der Waals surface area contributed by atoms with Crippen molar-refractivity contribution < 1.29 is 9.59 Å². The monoisotopic (exact) mass is 531 g/mol. The third-order valence-electron chi connectivity index (χ3n) is 8.55. The molecule has 0 unspecified atom stereocenters. The van der Waals surface area contributed by atoms with E-state index in [-0.39, 0.29) is 17.7 Å². The Bertz CT molecular complexity index is 1240. The van der Waals surface area contributed by atoms with Gasteiger partial charge in [-0.25, -0.2) is 0 Å². The molecule has 3 aliphatic rings. The van der Waals surface area contributed by atoms with Crippen molar-refractivity contribution >= 4 is 29.6 Å². The molecule has 0 atom stereocenters. The zero-order valence-electron chi connectivity index (χ0n) is 22.3. The molecule has 0 saturated heterocycles. The summed E-state index contributed by atoms with van der Waals surface area (Å²) in [6.45, 7) is 0.932. The number of nitrogens with zero attached hydrogens (tertiary/aromatic N) is 2. The van der Waals surface area contributed by atoms with Gasteiger partial charge in [0.2, 0.25) is 5.91 Å². The van der Waals surface area contributed by atoms with Crippen LogP contribution in [0.4, 0.5) is 0 Å². The van der Waals surface area contributed by atoms with Crippen LogP contribution in [0.3, 0.4) is 0 Å². The molecule has 2 saturated carbocycles. The Balaban J connectivity index is 1.32. The minimum atomic E-state index is -0.116. The second-order valence-electron chi connectivity index (χ2n) is 11.1. The molecule has 0 radical (unpaired) electrons. The first-order valence-corrected chi connectivity index (χ1v) is 14.4. The van der Waals surface area contributed by atoms with Crippen molar-refractivity contribution in [2.24, 2.45) is 4.99 Å². The number of rotatable bonds is 7. The summed E-state index contributed by atoms with van der Waals surface area (Å²) in [5.74, 6) is 1.61. The molecule has 0 spiro atoms. The third-order valence-corrected chi connectivity index (χ3v) is 8.79. The molecule has 1 heterocycles. The largest absolute Gasteiger partial charge is 0.346 e. The second kappa shape index (κ2) is 11.9. The minimum absolute atomic E-state index is 0.00967. The Morgan fingerprint density at radius 2 is 1.89 bits per heavy atom. The number of hydrogen-bond acceptors (Lipinski definition) is 3. The van der Waals surface area contributed by atoms with Gasteiger partial charge in [-0.1, -0.05) is 67.3 Å². The highest BCUT2D eigenvalue weighted by Crippen LogP contribution is 2.50. The Morgan fingerprint density at radius 3 is 2.61 bits per heavy atom. The Hall–Kier alpha value is -2.92. The van der Waals surface area contributed by atoms with E-state index in [1.807, 2.05) is 25.2 Å². The summed E-state index contributed by atoms with van der Waals surface area (Å²) in [7, 11) is 1.84. The van der Waals surface area contributed by atoms with Crippen LogP contribution < -0.4 is 5.32 Å². The van der Waals surface area contributed by atoms with Gasteiger partial charge in [0.1, 0.15) is 12.1 Å². The molecule has 6 heteroatoms. The second-order valence-corrected chi connectivity index (χ2v) is 11.5. The number of aliphatic imine (C=N–C) groups is 1. The lowest BCUT2D eigenvalue weighted by Gasteiger charge is -2.26. The van der Waals surface area contributed by atoms with Crippen LogP contribution in [0.5, 0.6) is 0 Å². The molecular weight excluding hydrogens is 494 g/mol. The van der Waals surface area contributed by atoms with Crippen LogP contribution in [0.25, 0.3) is 0 Å². The van der Waals surface area contributed by atoms with Gasteiger partial charge in [0, 0.05) is 29.9 Å². The lowest BCUT2D eigenvalue weighted by Crippen LogP contribution is -2.36. The molecule has 2 fully saturated rings. The molecule has 200 valence electrons. The molecule has 0 bridgehead atoms. The van der Waals surface area contributed by atoms with Gasteiger partial charge < -0.3 is 10.2 Å². The molecular formula is C32H38ClN3O2. The summed E-state index contributed by atoms with van der Waals surface area (Å²) < 4.78 is 0. The number of hydrogen-bond donors (Lipinski definition) is 1. The highest BCUT2D eigenvalue weighted by Gasteiger charge is 2.49. The molecule has 5 nitrogen and oxygen atoms in total. The SMILES string of the molecule is CN=C(NC1=C(C=O)CN(C(=O)Cc2cccc(Cl)c2)CCC1)C1(c2cccc(C3CCCCC3)c2)CC1. The fraction of sp³-hybridized carbons (Fsp3) is 0.469. The summed E-state index contributed by atoms with van der Waals surface area (Å²) in [5, 5.41) is 4.23. The van der Waals surface area contributed by atoms with Crippen molar-refractivity contribution in [1.82, 2.24) is 10.2 Å². The highest BCUT2D eigenvalue weighted by atomic mass is 35.5. The van der Waals surface area contributed by atoms with Gasteiger partial charge in [0.15, 0.2) is 0 Å². The molecule has 1 N–H and O–H groups in total. The summed E-state index contributed by atoms with van der Waals surface area (Å²) in [6.07, 6.45) is 11.4. The van der Waals surface area contributed by atoms with Crippen LogP contribution in [0, 0.1) is 0 Å². The van der Waals surface area contributed by atoms with Gasteiger partial charge in [-0.05, 0) is 73.3 Å². The molecule has 5 rings (SSSR count). The van der Waals surface area contributed by atoms with Crippen LogP contribution in [0.1, 0.15) is 80.4 Å². The summed E-state index contributed by atoms with van der Waals surface area (Å²) in [6, 6.07) is 16.5. The zero-order chi connectivity index (χ0) is 26.5. The van der Waals surface area contributed by atoms with Crippen LogP contribution in [-0.4, -0.2) is 43.1 Å². The molecule has 0 aromatic heterocycles. The maximum Gasteiger partial charge on any atom is 0.227 e. The third kappa shape index (κ3) is 5.88. The molecule has 2 aromatic carbocycles. The van der Waals surface area contributed by atoms with Crippen molar-refractivity contribution in [3.63, 3.8) is 0 Å². The van der Waals surface area contributed by atoms with Crippen molar-refractivity contribution in [2.45, 2.75) is 75.5 Å². The number of carbonyl (C=O) groups excluding carboxylic acids is 2. The van der Waals surface area contributed by atoms with E-state index in [0.717, 1.165) is 42.6 Å². The summed E-state index contributed by atoms with van der Waals surface area (Å²) in [5.41, 5.74) is 5.08. The maximum absolute atomic E-state index is 13.1. The summed E-state index contributed by atoms with van der Waals surface area (Å²) >= 11 is 6.10. The van der Waals surface area contributed by atoms with Gasteiger partial charge in [-0.3, -0.25) is 14.6 Å². The number of amides is 1. The summed E-state index contributed by atoms with van der Waals surface area (Å²) in [4.78, 5) is 31.8. The highest BCUT2D eigenvalue weighted by molar-refractivity contribution is 6.30. The number of amidine groups is 1. The first kappa shape index (κ1) is 26.7. The zero-order valence-corrected chi connectivity index (χ0v) is 23.1. The van der Waals surface area contributed by atoms with E-state index in [4.69, 9.17) is 16.6 Å². The molecule has 2 aliphatic carbocycles. The lowest BCUT2D eigenvalue weighted by atomic mass is 9.82. The Labute approximate surface area is 231 Å². The quantitative estimate of drug-likeness (QED) is 0.257. The first-order chi connectivity index (χ1) is 18.5. The molecule has 2 aromatic rings. The molecule has 1 aliphatic heterocycles. The topological polar surface area (TPSA) is 61.8 Å². The lowest BCUT2D eigenvalue weighted by molar-refractivity contribution is -0.130.